The van der Waals surface area contributed by atoms with Gasteiger partial charge in [0.1, 0.15) is 17.3 Å². The minimum absolute atomic E-state index is 0.140. The van der Waals surface area contributed by atoms with E-state index in [9.17, 15) is 8.42 Å². The van der Waals surface area contributed by atoms with Gasteiger partial charge in [0.25, 0.3) is 10.0 Å². The van der Waals surface area contributed by atoms with Crippen molar-refractivity contribution in [1.29, 1.82) is 0 Å². The van der Waals surface area contributed by atoms with Gasteiger partial charge in [0.15, 0.2) is 0 Å². The zero-order chi connectivity index (χ0) is 17.7. The number of rotatable bonds is 8. The first-order valence-electron chi connectivity index (χ1n) is 8.58. The first kappa shape index (κ1) is 17.8. The number of benzene rings is 1. The Morgan fingerprint density at radius 2 is 2.00 bits per heavy atom. The number of hydrogen-bond acceptors (Lipinski definition) is 5. The molecule has 1 aromatic carbocycles. The monoisotopic (exact) mass is 364 g/mol. The summed E-state index contributed by atoms with van der Waals surface area (Å²) in [5.74, 6) is 0.535. The van der Waals surface area contributed by atoms with Crippen LogP contribution in [0.5, 0.6) is 5.75 Å². The Labute approximate surface area is 148 Å². The highest BCUT2D eigenvalue weighted by atomic mass is 32.2. The number of para-hydroxylation sites is 2. The first-order chi connectivity index (χ1) is 12.1. The molecule has 1 aromatic heterocycles. The molecule has 2 heterocycles. The van der Waals surface area contributed by atoms with Gasteiger partial charge in [-0.3, -0.25) is 14.3 Å². The van der Waals surface area contributed by atoms with Gasteiger partial charge >= 0.3 is 0 Å². The zero-order valence-corrected chi connectivity index (χ0v) is 15.2. The summed E-state index contributed by atoms with van der Waals surface area (Å²) in [6, 6.07) is 7.09. The van der Waals surface area contributed by atoms with E-state index in [1.165, 1.54) is 25.2 Å². The van der Waals surface area contributed by atoms with Crippen LogP contribution in [0.15, 0.2) is 41.6 Å². The average molecular weight is 364 g/mol. The van der Waals surface area contributed by atoms with E-state index in [1.54, 1.807) is 22.9 Å². The molecule has 1 aliphatic heterocycles. The van der Waals surface area contributed by atoms with Gasteiger partial charge in [0, 0.05) is 19.3 Å². The lowest BCUT2D eigenvalue weighted by Crippen LogP contribution is -2.25. The molecule has 0 aliphatic carbocycles. The maximum atomic E-state index is 12.5. The lowest BCUT2D eigenvalue weighted by molar-refractivity contribution is 0.238. The smallest absolute Gasteiger partial charge is 0.265 e. The van der Waals surface area contributed by atoms with Crippen molar-refractivity contribution in [3.8, 4) is 5.75 Å². The van der Waals surface area contributed by atoms with Crippen LogP contribution in [0, 0.1) is 0 Å². The van der Waals surface area contributed by atoms with Gasteiger partial charge in [-0.2, -0.15) is 5.10 Å². The Balaban J connectivity index is 1.67. The topological polar surface area (TPSA) is 76.5 Å². The highest BCUT2D eigenvalue weighted by Crippen LogP contribution is 2.26. The molecular formula is C17H24N4O3S. The summed E-state index contributed by atoms with van der Waals surface area (Å²) in [6.07, 6.45) is 5.34. The van der Waals surface area contributed by atoms with Crippen LogP contribution in [0.3, 0.4) is 0 Å². The van der Waals surface area contributed by atoms with Gasteiger partial charge in [-0.05, 0) is 45.0 Å². The van der Waals surface area contributed by atoms with E-state index in [0.29, 0.717) is 24.6 Å². The quantitative estimate of drug-likeness (QED) is 0.777. The normalized spacial score (nSPS) is 15.4. The SMILES string of the molecule is CCn1cc(S(=O)(=O)Nc2ccccc2OCCN2CCCC2)cn1. The summed E-state index contributed by atoms with van der Waals surface area (Å²) < 4.78 is 35.1. The fraction of sp³-hybridized carbons (Fsp3) is 0.471. The lowest BCUT2D eigenvalue weighted by Gasteiger charge is -2.17. The van der Waals surface area contributed by atoms with Gasteiger partial charge in [-0.15, -0.1) is 0 Å². The Morgan fingerprint density at radius 1 is 1.24 bits per heavy atom. The molecule has 3 rings (SSSR count). The van der Waals surface area contributed by atoms with E-state index in [0.717, 1.165) is 19.6 Å². The Kier molecular flexibility index (Phi) is 5.60. The minimum atomic E-state index is -3.69. The highest BCUT2D eigenvalue weighted by molar-refractivity contribution is 7.92. The van der Waals surface area contributed by atoms with Gasteiger partial charge in [-0.25, -0.2) is 8.42 Å². The largest absolute Gasteiger partial charge is 0.490 e. The summed E-state index contributed by atoms with van der Waals surface area (Å²) in [6.45, 7) is 6.13. The molecule has 136 valence electrons. The van der Waals surface area contributed by atoms with E-state index in [2.05, 4.69) is 14.7 Å². The van der Waals surface area contributed by atoms with Crippen molar-refractivity contribution in [1.82, 2.24) is 14.7 Å². The van der Waals surface area contributed by atoms with Crippen molar-refractivity contribution in [2.24, 2.45) is 0 Å². The maximum Gasteiger partial charge on any atom is 0.265 e. The van der Waals surface area contributed by atoms with E-state index >= 15 is 0 Å². The summed E-state index contributed by atoms with van der Waals surface area (Å²) in [5, 5.41) is 4.02. The molecule has 1 saturated heterocycles. The number of hydrogen-bond donors (Lipinski definition) is 1. The van der Waals surface area contributed by atoms with Crippen LogP contribution in [0.1, 0.15) is 19.8 Å². The molecule has 8 heteroatoms. The summed E-state index contributed by atoms with van der Waals surface area (Å²) >= 11 is 0. The summed E-state index contributed by atoms with van der Waals surface area (Å²) in [4.78, 5) is 2.49. The van der Waals surface area contributed by atoms with Crippen molar-refractivity contribution < 1.29 is 13.2 Å². The van der Waals surface area contributed by atoms with Crippen molar-refractivity contribution in [2.75, 3.05) is 31.0 Å². The van der Waals surface area contributed by atoms with Crippen LogP contribution in [0.2, 0.25) is 0 Å². The number of sulfonamides is 1. The molecule has 0 radical (unpaired) electrons. The van der Waals surface area contributed by atoms with Crippen molar-refractivity contribution in [2.45, 2.75) is 31.2 Å². The Hall–Kier alpha value is -2.06. The molecule has 0 saturated carbocycles. The first-order valence-corrected chi connectivity index (χ1v) is 10.1. The molecule has 0 bridgehead atoms. The predicted molar refractivity (Wildman–Crippen MR) is 96.3 cm³/mol. The van der Waals surface area contributed by atoms with E-state index < -0.39 is 10.0 Å². The van der Waals surface area contributed by atoms with E-state index in [-0.39, 0.29) is 4.90 Å². The third-order valence-corrected chi connectivity index (χ3v) is 5.56. The second-order valence-electron chi connectivity index (χ2n) is 6.03. The molecule has 0 unspecified atom stereocenters. The molecule has 25 heavy (non-hydrogen) atoms. The van der Waals surface area contributed by atoms with Gasteiger partial charge in [0.2, 0.25) is 0 Å². The Morgan fingerprint density at radius 3 is 2.72 bits per heavy atom. The van der Waals surface area contributed by atoms with Crippen LogP contribution >= 0.6 is 0 Å². The molecular weight excluding hydrogens is 340 g/mol. The number of aryl methyl sites for hydroxylation is 1. The summed E-state index contributed by atoms with van der Waals surface area (Å²) in [7, 11) is -3.69. The Bertz CT molecular complexity index is 798. The second kappa shape index (κ2) is 7.88. The fourth-order valence-electron chi connectivity index (χ4n) is 2.83. The molecule has 0 amide bonds. The lowest BCUT2D eigenvalue weighted by atomic mass is 10.3. The molecule has 2 aromatic rings. The number of aromatic nitrogens is 2. The van der Waals surface area contributed by atoms with Gasteiger partial charge < -0.3 is 4.74 Å². The predicted octanol–water partition coefficient (Wildman–Crippen LogP) is 2.18. The maximum absolute atomic E-state index is 12.5. The standard InChI is InChI=1S/C17H24N4O3S/c1-2-21-14-15(13-18-21)25(22,23)19-16-7-3-4-8-17(16)24-12-11-20-9-5-6-10-20/h3-4,7-8,13-14,19H,2,5-6,9-12H2,1H3. The molecule has 0 atom stereocenters. The van der Waals surface area contributed by atoms with Crippen LogP contribution < -0.4 is 9.46 Å². The van der Waals surface area contributed by atoms with E-state index in [1.807, 2.05) is 13.0 Å². The van der Waals surface area contributed by atoms with Crippen LogP contribution in [0.4, 0.5) is 5.69 Å². The molecule has 0 spiro atoms. The van der Waals surface area contributed by atoms with Crippen LogP contribution in [-0.4, -0.2) is 49.3 Å². The number of likely N-dealkylation sites (tertiary alicyclic amines) is 1. The number of nitrogens with one attached hydrogen (secondary N) is 1. The zero-order valence-electron chi connectivity index (χ0n) is 14.4. The third-order valence-electron chi connectivity index (χ3n) is 4.24. The number of ether oxygens (including phenoxy) is 1. The summed E-state index contributed by atoms with van der Waals surface area (Å²) in [5.41, 5.74) is 0.438. The van der Waals surface area contributed by atoms with Crippen molar-refractivity contribution >= 4 is 15.7 Å². The number of anilines is 1. The van der Waals surface area contributed by atoms with Gasteiger partial charge in [0.05, 0.1) is 11.9 Å². The number of nitrogens with zero attached hydrogens (tertiary/aromatic N) is 3. The minimum Gasteiger partial charge on any atom is -0.490 e. The third kappa shape index (κ3) is 4.52. The van der Waals surface area contributed by atoms with Crippen molar-refractivity contribution in [3.63, 3.8) is 0 Å². The molecule has 1 fully saturated rings. The van der Waals surface area contributed by atoms with Gasteiger partial charge in [-0.1, -0.05) is 12.1 Å². The van der Waals surface area contributed by atoms with Crippen LogP contribution in [-0.2, 0) is 16.6 Å². The highest BCUT2D eigenvalue weighted by Gasteiger charge is 2.19. The fourth-order valence-corrected chi connectivity index (χ4v) is 3.85. The molecule has 7 nitrogen and oxygen atoms in total. The van der Waals surface area contributed by atoms with Crippen molar-refractivity contribution in [3.05, 3.63) is 36.7 Å². The average Bonchev–Trinajstić information content (AvgIpc) is 3.28. The van der Waals surface area contributed by atoms with Crippen LogP contribution in [0.25, 0.3) is 0 Å². The molecule has 1 aliphatic rings. The molecule has 1 N–H and O–H groups in total. The second-order valence-corrected chi connectivity index (χ2v) is 7.71. The van der Waals surface area contributed by atoms with E-state index in [4.69, 9.17) is 4.74 Å².